The van der Waals surface area contributed by atoms with Gasteiger partial charge in [0.05, 0.1) is 24.7 Å². The SMILES string of the molecule is CC(C)(N)C(=O)C[C@@H](CCCCNC(=O)COCCOCCCC(=O)CCCCCCCCCCCCCCCc1nn[nH]n1)C(=O)O. The second kappa shape index (κ2) is 28.1. The van der Waals surface area contributed by atoms with Gasteiger partial charge in [0, 0.05) is 38.8 Å². The molecule has 1 aromatic heterocycles. The second-order valence-corrected chi connectivity index (χ2v) is 13.5. The minimum absolute atomic E-state index is 0.0779. The number of amides is 1. The van der Waals surface area contributed by atoms with Gasteiger partial charge < -0.3 is 25.6 Å². The Labute approximate surface area is 287 Å². The third-order valence-electron chi connectivity index (χ3n) is 8.40. The van der Waals surface area contributed by atoms with Crippen molar-refractivity contribution in [3.63, 3.8) is 0 Å². The van der Waals surface area contributed by atoms with Crippen LogP contribution >= 0.6 is 0 Å². The summed E-state index contributed by atoms with van der Waals surface area (Å²) in [5.74, 6) is -1.20. The predicted molar refractivity (Wildman–Crippen MR) is 184 cm³/mol. The number of aliphatic carboxylic acids is 1. The van der Waals surface area contributed by atoms with Crippen LogP contribution in [-0.4, -0.2) is 87.7 Å². The molecule has 276 valence electrons. The first-order valence-corrected chi connectivity index (χ1v) is 18.3. The van der Waals surface area contributed by atoms with E-state index in [4.69, 9.17) is 15.2 Å². The maximum absolute atomic E-state index is 12.1. The summed E-state index contributed by atoms with van der Waals surface area (Å²) in [6, 6.07) is 0. The van der Waals surface area contributed by atoms with E-state index in [2.05, 4.69) is 25.9 Å². The lowest BCUT2D eigenvalue weighted by atomic mass is 9.89. The van der Waals surface area contributed by atoms with Crippen molar-refractivity contribution in [3.05, 3.63) is 5.82 Å². The molecular weight excluding hydrogens is 616 g/mol. The van der Waals surface area contributed by atoms with Crippen molar-refractivity contribution in [3.8, 4) is 0 Å². The number of hydrogen-bond donors (Lipinski definition) is 4. The topological polar surface area (TPSA) is 199 Å². The van der Waals surface area contributed by atoms with Crippen molar-refractivity contribution in [2.45, 2.75) is 154 Å². The number of ketones is 2. The Kier molecular flexibility index (Phi) is 25.3. The first-order chi connectivity index (χ1) is 23.1. The smallest absolute Gasteiger partial charge is 0.306 e. The van der Waals surface area contributed by atoms with Crippen LogP contribution in [-0.2, 0) is 35.1 Å². The number of carboxylic acid groups (broad SMARTS) is 1. The fourth-order valence-electron chi connectivity index (χ4n) is 5.31. The number of H-pyrrole nitrogens is 1. The number of aryl methyl sites for hydroxylation is 1. The van der Waals surface area contributed by atoms with E-state index in [-0.39, 0.29) is 31.3 Å². The summed E-state index contributed by atoms with van der Waals surface area (Å²) in [5.41, 5.74) is 4.71. The maximum Gasteiger partial charge on any atom is 0.306 e. The van der Waals surface area contributed by atoms with E-state index in [0.717, 1.165) is 31.5 Å². The number of tetrazole rings is 1. The summed E-state index contributed by atoms with van der Waals surface area (Å²) in [7, 11) is 0. The summed E-state index contributed by atoms with van der Waals surface area (Å²) >= 11 is 0. The molecule has 5 N–H and O–H groups in total. The molecule has 1 rings (SSSR count). The van der Waals surface area contributed by atoms with E-state index in [1.54, 1.807) is 13.8 Å². The second-order valence-electron chi connectivity index (χ2n) is 13.5. The lowest BCUT2D eigenvalue weighted by Gasteiger charge is -2.19. The number of carbonyl (C=O) groups is 4. The van der Waals surface area contributed by atoms with Gasteiger partial charge >= 0.3 is 5.97 Å². The molecule has 1 atom stereocenters. The molecule has 0 aliphatic heterocycles. The molecule has 1 heterocycles. The van der Waals surface area contributed by atoms with Gasteiger partial charge in [0.1, 0.15) is 12.4 Å². The number of aromatic amines is 1. The van der Waals surface area contributed by atoms with Crippen LogP contribution in [0.3, 0.4) is 0 Å². The number of Topliss-reactive ketones (excluding diaryl/α,β-unsaturated/α-hetero) is 2. The van der Waals surface area contributed by atoms with Crippen LogP contribution in [0, 0.1) is 5.92 Å². The molecule has 0 fully saturated rings. The minimum atomic E-state index is -1.05. The zero-order valence-corrected chi connectivity index (χ0v) is 29.8. The Balaban J connectivity index is 1.81. The molecule has 48 heavy (non-hydrogen) atoms. The Morgan fingerprint density at radius 1 is 0.792 bits per heavy atom. The van der Waals surface area contributed by atoms with Gasteiger partial charge in [-0.3, -0.25) is 19.2 Å². The molecule has 0 bridgehead atoms. The molecule has 0 unspecified atom stereocenters. The number of carboxylic acids is 1. The number of nitrogens with zero attached hydrogens (tertiary/aromatic N) is 3. The molecule has 0 aliphatic carbocycles. The molecule has 1 amide bonds. The average molecular weight is 681 g/mol. The van der Waals surface area contributed by atoms with Crippen LogP contribution < -0.4 is 11.1 Å². The van der Waals surface area contributed by atoms with Crippen LogP contribution in [0.2, 0.25) is 0 Å². The lowest BCUT2D eigenvalue weighted by Crippen LogP contribution is -2.42. The van der Waals surface area contributed by atoms with Gasteiger partial charge in [0.2, 0.25) is 5.91 Å². The normalized spacial score (nSPS) is 12.2. The number of nitrogens with two attached hydrogens (primary N) is 1. The molecule has 1 aromatic rings. The third-order valence-corrected chi connectivity index (χ3v) is 8.40. The summed E-state index contributed by atoms with van der Waals surface area (Å²) in [6.07, 6.45) is 20.3. The Bertz CT molecular complexity index is 985. The predicted octanol–water partition coefficient (Wildman–Crippen LogP) is 5.27. The molecule has 13 heteroatoms. The van der Waals surface area contributed by atoms with Gasteiger partial charge in [-0.1, -0.05) is 82.3 Å². The van der Waals surface area contributed by atoms with Crippen LogP contribution in [0.25, 0.3) is 0 Å². The molecule has 0 spiro atoms. The van der Waals surface area contributed by atoms with Crippen molar-refractivity contribution in [2.24, 2.45) is 11.7 Å². The molecular formula is C35H64N6O7. The van der Waals surface area contributed by atoms with Gasteiger partial charge in [-0.05, 0) is 46.0 Å². The fourth-order valence-corrected chi connectivity index (χ4v) is 5.31. The largest absolute Gasteiger partial charge is 0.481 e. The van der Waals surface area contributed by atoms with Gasteiger partial charge in [-0.15, -0.1) is 10.2 Å². The lowest BCUT2D eigenvalue weighted by molar-refractivity contribution is -0.144. The first kappa shape index (κ1) is 43.3. The van der Waals surface area contributed by atoms with Gasteiger partial charge in [0.25, 0.3) is 0 Å². The summed E-state index contributed by atoms with van der Waals surface area (Å²) in [6.45, 7) is 4.61. The van der Waals surface area contributed by atoms with E-state index < -0.39 is 17.4 Å². The number of ether oxygens (including phenoxy) is 2. The first-order valence-electron chi connectivity index (χ1n) is 18.3. The summed E-state index contributed by atoms with van der Waals surface area (Å²) in [4.78, 5) is 47.5. The number of carbonyl (C=O) groups excluding carboxylic acids is 3. The molecule has 0 saturated carbocycles. The van der Waals surface area contributed by atoms with Gasteiger partial charge in [-0.25, -0.2) is 0 Å². The van der Waals surface area contributed by atoms with Crippen molar-refractivity contribution >= 4 is 23.4 Å². The monoisotopic (exact) mass is 680 g/mol. The molecule has 0 saturated heterocycles. The van der Waals surface area contributed by atoms with E-state index in [0.29, 0.717) is 64.1 Å². The fraction of sp³-hybridized carbons (Fsp3) is 0.857. The number of unbranched alkanes of at least 4 members (excludes halogenated alkanes) is 13. The quantitative estimate of drug-likeness (QED) is 0.0691. The molecule has 0 aliphatic rings. The molecule has 0 aromatic carbocycles. The Hall–Kier alpha value is -2.77. The molecule has 13 nitrogen and oxygen atoms in total. The van der Waals surface area contributed by atoms with Crippen LogP contribution in [0.5, 0.6) is 0 Å². The van der Waals surface area contributed by atoms with Crippen molar-refractivity contribution < 1.29 is 33.8 Å². The standard InChI is InChI=1S/C35H64N6O7/c1-35(2,36)31(43)27-29(34(45)46)19-16-17-23-37-33(44)28-48-26-25-47-24-18-21-30(42)20-14-12-10-8-6-4-3-5-7-9-11-13-15-22-32-38-40-41-39-32/h29H,3-28,36H2,1-2H3,(H,37,44)(H,45,46)(H,38,39,40,41)/t29-/m1/s1. The number of hydrogen-bond acceptors (Lipinski definition) is 10. The van der Waals surface area contributed by atoms with E-state index >= 15 is 0 Å². The van der Waals surface area contributed by atoms with Gasteiger partial charge in [0.15, 0.2) is 11.6 Å². The van der Waals surface area contributed by atoms with Crippen LogP contribution in [0.4, 0.5) is 0 Å². The van der Waals surface area contributed by atoms with Crippen LogP contribution in [0.1, 0.15) is 148 Å². The molecule has 0 radical (unpaired) electrons. The maximum atomic E-state index is 12.1. The van der Waals surface area contributed by atoms with Crippen molar-refractivity contribution in [1.29, 1.82) is 0 Å². The zero-order chi connectivity index (χ0) is 35.3. The van der Waals surface area contributed by atoms with E-state index in [1.807, 2.05) is 0 Å². The van der Waals surface area contributed by atoms with E-state index in [1.165, 1.54) is 64.2 Å². The van der Waals surface area contributed by atoms with Crippen molar-refractivity contribution in [1.82, 2.24) is 25.9 Å². The highest BCUT2D eigenvalue weighted by molar-refractivity contribution is 5.90. The summed E-state index contributed by atoms with van der Waals surface area (Å²) < 4.78 is 10.8. The highest BCUT2D eigenvalue weighted by Gasteiger charge is 2.28. The van der Waals surface area contributed by atoms with E-state index in [9.17, 15) is 24.3 Å². The zero-order valence-electron chi connectivity index (χ0n) is 29.8. The number of rotatable bonds is 34. The number of nitrogens with one attached hydrogen (secondary N) is 2. The summed E-state index contributed by atoms with van der Waals surface area (Å²) in [5, 5.41) is 26.1. The Morgan fingerprint density at radius 2 is 1.38 bits per heavy atom. The van der Waals surface area contributed by atoms with Gasteiger partial charge in [-0.2, -0.15) is 5.21 Å². The average Bonchev–Trinajstić information content (AvgIpc) is 3.56. The van der Waals surface area contributed by atoms with Crippen LogP contribution in [0.15, 0.2) is 0 Å². The van der Waals surface area contributed by atoms with Crippen molar-refractivity contribution in [2.75, 3.05) is 33.0 Å². The minimum Gasteiger partial charge on any atom is -0.481 e. The number of aromatic nitrogens is 4. The Morgan fingerprint density at radius 3 is 1.96 bits per heavy atom. The highest BCUT2D eigenvalue weighted by atomic mass is 16.5. The third kappa shape index (κ3) is 25.3. The highest BCUT2D eigenvalue weighted by Crippen LogP contribution is 2.17.